The molecular weight excluding hydrogens is 166 g/mol. The third-order valence-electron chi connectivity index (χ3n) is 1.81. The lowest BCUT2D eigenvalue weighted by atomic mass is 10.3. The van der Waals surface area contributed by atoms with Crippen LogP contribution in [-0.4, -0.2) is 5.10 Å². The third kappa shape index (κ3) is 1.07. The molecule has 2 aromatic rings. The van der Waals surface area contributed by atoms with Gasteiger partial charge >= 0.3 is 0 Å². The molecule has 0 saturated heterocycles. The van der Waals surface area contributed by atoms with Gasteiger partial charge in [0.05, 0.1) is 6.20 Å². The highest BCUT2D eigenvalue weighted by Crippen LogP contribution is 1.89. The average Bonchev–Trinajstić information content (AvgIpc) is 2.19. The maximum absolute atomic E-state index is 11.5. The van der Waals surface area contributed by atoms with Crippen molar-refractivity contribution in [3.05, 3.63) is 46.4 Å². The number of pyridine rings is 1. The van der Waals surface area contributed by atoms with Crippen LogP contribution in [0.3, 0.4) is 0 Å². The molecule has 1 N–H and O–H groups in total. The van der Waals surface area contributed by atoms with Crippen molar-refractivity contribution >= 4 is 5.52 Å². The molecule has 0 saturated carbocycles. The smallest absolute Gasteiger partial charge is 0.281 e. The molecule has 0 radical (unpaired) electrons. The predicted molar refractivity (Wildman–Crippen MR) is 44.9 cm³/mol. The molecule has 0 spiro atoms. The second-order valence-electron chi connectivity index (χ2n) is 2.58. The molecular formula is C9H6N3O+. The molecule has 0 aliphatic carbocycles. The van der Waals surface area contributed by atoms with E-state index < -0.39 is 0 Å². The standard InChI is InChI=1S/C9H5N3O/c10-5-7-6-11-12-4-2-1-3-8(12)9(7)13/h1-4,6H/p+1. The largest absolute Gasteiger partial charge is 0.283 e. The van der Waals surface area contributed by atoms with Crippen LogP contribution >= 0.6 is 0 Å². The topological polar surface area (TPSA) is 60.8 Å². The summed E-state index contributed by atoms with van der Waals surface area (Å²) in [6.07, 6.45) is 3.12. The van der Waals surface area contributed by atoms with Crippen LogP contribution in [0.4, 0.5) is 0 Å². The summed E-state index contributed by atoms with van der Waals surface area (Å²) in [5, 5.41) is 11.4. The molecule has 0 fully saturated rings. The zero-order valence-electron chi connectivity index (χ0n) is 6.69. The van der Waals surface area contributed by atoms with Gasteiger partial charge in [-0.15, -0.1) is 0 Å². The van der Waals surface area contributed by atoms with Crippen LogP contribution in [0.5, 0.6) is 0 Å². The first kappa shape index (κ1) is 7.50. The molecule has 2 aromatic heterocycles. The van der Waals surface area contributed by atoms with E-state index in [0.29, 0.717) is 5.52 Å². The van der Waals surface area contributed by atoms with E-state index >= 15 is 0 Å². The Morgan fingerprint density at radius 2 is 2.31 bits per heavy atom. The lowest BCUT2D eigenvalue weighted by molar-refractivity contribution is -0.581. The van der Waals surface area contributed by atoms with E-state index in [-0.39, 0.29) is 11.0 Å². The number of H-pyrrole nitrogens is 1. The van der Waals surface area contributed by atoms with E-state index in [2.05, 4.69) is 5.10 Å². The summed E-state index contributed by atoms with van der Waals surface area (Å²) >= 11 is 0. The molecule has 13 heavy (non-hydrogen) atoms. The zero-order chi connectivity index (χ0) is 9.26. The number of nitriles is 1. The van der Waals surface area contributed by atoms with Crippen LogP contribution in [0, 0.1) is 11.3 Å². The summed E-state index contributed by atoms with van der Waals surface area (Å²) in [7, 11) is 0. The first-order valence-corrected chi connectivity index (χ1v) is 3.75. The minimum absolute atomic E-state index is 0.131. The van der Waals surface area contributed by atoms with E-state index in [0.717, 1.165) is 0 Å². The van der Waals surface area contributed by atoms with Gasteiger partial charge in [0.2, 0.25) is 6.20 Å². The highest BCUT2D eigenvalue weighted by molar-refractivity contribution is 5.43. The Kier molecular flexibility index (Phi) is 1.57. The number of nitrogens with zero attached hydrogens (tertiary/aromatic N) is 2. The van der Waals surface area contributed by atoms with E-state index in [9.17, 15) is 4.79 Å². The van der Waals surface area contributed by atoms with Gasteiger partial charge in [-0.3, -0.25) is 4.79 Å². The maximum atomic E-state index is 11.5. The van der Waals surface area contributed by atoms with Crippen molar-refractivity contribution in [3.63, 3.8) is 0 Å². The van der Waals surface area contributed by atoms with Gasteiger partial charge < -0.3 is 0 Å². The molecule has 4 heteroatoms. The van der Waals surface area contributed by atoms with Crippen LogP contribution < -0.4 is 9.94 Å². The number of fused-ring (bicyclic) bond motifs is 1. The number of hydrogen-bond acceptors (Lipinski definition) is 2. The highest BCUT2D eigenvalue weighted by atomic mass is 16.1. The molecule has 0 amide bonds. The molecule has 2 heterocycles. The zero-order valence-corrected chi connectivity index (χ0v) is 6.69. The Morgan fingerprint density at radius 1 is 1.46 bits per heavy atom. The number of aromatic nitrogens is 2. The number of aromatic amines is 1. The maximum Gasteiger partial charge on any atom is 0.283 e. The van der Waals surface area contributed by atoms with Gasteiger partial charge in [-0.25, -0.2) is 0 Å². The van der Waals surface area contributed by atoms with Gasteiger partial charge in [0, 0.05) is 12.1 Å². The SMILES string of the molecule is N#Cc1c[nH][n+]2ccccc2c1=O. The minimum atomic E-state index is -0.248. The molecule has 0 unspecified atom stereocenters. The molecule has 0 aliphatic rings. The Morgan fingerprint density at radius 3 is 3.08 bits per heavy atom. The van der Waals surface area contributed by atoms with Gasteiger partial charge in [-0.1, -0.05) is 4.52 Å². The summed E-state index contributed by atoms with van der Waals surface area (Å²) in [5.41, 5.74) is 0.356. The fraction of sp³-hybridized carbons (Fsp3) is 0. The van der Waals surface area contributed by atoms with Crippen molar-refractivity contribution in [3.8, 4) is 6.07 Å². The molecule has 0 aromatic carbocycles. The van der Waals surface area contributed by atoms with Gasteiger partial charge in [-0.2, -0.15) is 10.4 Å². The van der Waals surface area contributed by atoms with E-state index in [1.807, 2.05) is 6.07 Å². The lowest BCUT2D eigenvalue weighted by Gasteiger charge is -1.88. The fourth-order valence-corrected chi connectivity index (χ4v) is 1.16. The quantitative estimate of drug-likeness (QED) is 0.568. The van der Waals surface area contributed by atoms with Crippen molar-refractivity contribution in [2.45, 2.75) is 0 Å². The van der Waals surface area contributed by atoms with E-state index in [1.165, 1.54) is 6.20 Å². The Hall–Kier alpha value is -2.15. The Labute approximate surface area is 73.7 Å². The van der Waals surface area contributed by atoms with E-state index in [4.69, 9.17) is 5.26 Å². The molecule has 2 rings (SSSR count). The van der Waals surface area contributed by atoms with Crippen LogP contribution in [0.2, 0.25) is 0 Å². The van der Waals surface area contributed by atoms with Crippen LogP contribution in [-0.2, 0) is 0 Å². The second-order valence-corrected chi connectivity index (χ2v) is 2.58. The van der Waals surface area contributed by atoms with Crippen molar-refractivity contribution in [1.82, 2.24) is 5.10 Å². The van der Waals surface area contributed by atoms with Gasteiger partial charge in [0.15, 0.2) is 0 Å². The van der Waals surface area contributed by atoms with Crippen molar-refractivity contribution in [1.29, 1.82) is 5.26 Å². The molecule has 4 nitrogen and oxygen atoms in total. The monoisotopic (exact) mass is 172 g/mol. The lowest BCUT2D eigenvalue weighted by Crippen LogP contribution is -2.32. The summed E-state index contributed by atoms with van der Waals surface area (Å²) in [4.78, 5) is 11.5. The molecule has 0 atom stereocenters. The third-order valence-corrected chi connectivity index (χ3v) is 1.81. The summed E-state index contributed by atoms with van der Waals surface area (Å²) in [6, 6.07) is 7.05. The molecule has 0 aliphatic heterocycles. The second kappa shape index (κ2) is 2.72. The van der Waals surface area contributed by atoms with Crippen LogP contribution in [0.15, 0.2) is 35.4 Å². The van der Waals surface area contributed by atoms with Crippen molar-refractivity contribution in [2.75, 3.05) is 0 Å². The number of nitrogens with one attached hydrogen (secondary N) is 1. The van der Waals surface area contributed by atoms with Crippen LogP contribution in [0.1, 0.15) is 5.56 Å². The first-order chi connectivity index (χ1) is 6.33. The van der Waals surface area contributed by atoms with Gasteiger partial charge in [0.25, 0.3) is 10.9 Å². The first-order valence-electron chi connectivity index (χ1n) is 3.75. The predicted octanol–water partition coefficient (Wildman–Crippen LogP) is -0.0147. The summed E-state index contributed by atoms with van der Waals surface area (Å²) in [5.74, 6) is 0. The molecule has 62 valence electrons. The fourth-order valence-electron chi connectivity index (χ4n) is 1.16. The summed E-state index contributed by atoms with van der Waals surface area (Å²) in [6.45, 7) is 0. The van der Waals surface area contributed by atoms with Gasteiger partial charge in [0.1, 0.15) is 11.6 Å². The normalized spacial score (nSPS) is 9.77. The number of hydrogen-bond donors (Lipinski definition) is 1. The highest BCUT2D eigenvalue weighted by Gasteiger charge is 2.09. The number of rotatable bonds is 0. The molecule has 0 bridgehead atoms. The minimum Gasteiger partial charge on any atom is -0.281 e. The Bertz CT molecular complexity index is 551. The summed E-state index contributed by atoms with van der Waals surface area (Å²) < 4.78 is 1.57. The van der Waals surface area contributed by atoms with Crippen molar-refractivity contribution < 1.29 is 4.52 Å². The average molecular weight is 172 g/mol. The van der Waals surface area contributed by atoms with Gasteiger partial charge in [-0.05, 0) is 6.07 Å². The van der Waals surface area contributed by atoms with Crippen molar-refractivity contribution in [2.24, 2.45) is 0 Å². The van der Waals surface area contributed by atoms with Crippen LogP contribution in [0.25, 0.3) is 5.52 Å². The Balaban J connectivity index is 2.98. The van der Waals surface area contributed by atoms with E-state index in [1.54, 1.807) is 28.9 Å².